The van der Waals surface area contributed by atoms with Crippen LogP contribution in [0.25, 0.3) is 5.76 Å². The summed E-state index contributed by atoms with van der Waals surface area (Å²) < 4.78 is 57.6. The van der Waals surface area contributed by atoms with E-state index in [0.717, 1.165) is 6.21 Å². The Bertz CT molecular complexity index is 736. The summed E-state index contributed by atoms with van der Waals surface area (Å²) in [5.74, 6) is -6.28. The number of hydrogen-bond acceptors (Lipinski definition) is 4. The molecule has 0 bridgehead atoms. The largest absolute Gasteiger partial charge is 0.506 e. The molecular weight excluding hydrogens is 398 g/mol. The van der Waals surface area contributed by atoms with Gasteiger partial charge in [-0.3, -0.25) is 4.99 Å². The predicted octanol–water partition coefficient (Wildman–Crippen LogP) is 3.88. The van der Waals surface area contributed by atoms with Crippen molar-refractivity contribution in [2.24, 2.45) is 4.99 Å². The monoisotopic (exact) mass is 409 g/mol. The van der Waals surface area contributed by atoms with Crippen molar-refractivity contribution >= 4 is 33.9 Å². The summed E-state index contributed by atoms with van der Waals surface area (Å²) in [6, 6.07) is -0.267. The lowest BCUT2D eigenvalue weighted by Gasteiger charge is -2.09. The van der Waals surface area contributed by atoms with Gasteiger partial charge in [-0.1, -0.05) is 0 Å². The standard InChI is InChI=1S/C15H12BrF4NO3/c1-2-24-15(23)7(5-21-10-4-8(10)17)14(22)6-3-9(18)13(20)11(16)12(6)19/h3,5,8,10,22H,2,4H2,1H3/t8-,10-/m1/s1. The van der Waals surface area contributed by atoms with Gasteiger partial charge in [0.25, 0.3) is 0 Å². The Labute approximate surface area is 143 Å². The molecule has 1 aromatic carbocycles. The van der Waals surface area contributed by atoms with Gasteiger partial charge in [0, 0.05) is 12.6 Å². The number of carbonyl (C=O) groups excluding carboxylic acids is 1. The average molecular weight is 410 g/mol. The maximum atomic E-state index is 14.1. The molecule has 0 amide bonds. The van der Waals surface area contributed by atoms with E-state index in [1.54, 1.807) is 0 Å². The summed E-state index contributed by atoms with van der Waals surface area (Å²) in [6.07, 6.45) is -0.147. The number of benzene rings is 1. The summed E-state index contributed by atoms with van der Waals surface area (Å²) in [5, 5.41) is 10.1. The highest BCUT2D eigenvalue weighted by molar-refractivity contribution is 9.10. The Morgan fingerprint density at radius 2 is 2.08 bits per heavy atom. The van der Waals surface area contributed by atoms with Gasteiger partial charge in [-0.05, 0) is 28.9 Å². The third-order valence-electron chi connectivity index (χ3n) is 3.18. The molecule has 130 valence electrons. The summed E-state index contributed by atoms with van der Waals surface area (Å²) in [5.41, 5.74) is -1.35. The van der Waals surface area contributed by atoms with Gasteiger partial charge in [0.2, 0.25) is 0 Å². The van der Waals surface area contributed by atoms with E-state index in [9.17, 15) is 27.5 Å². The van der Waals surface area contributed by atoms with E-state index in [0.29, 0.717) is 6.07 Å². The molecule has 1 saturated carbocycles. The number of aliphatic hydroxyl groups is 1. The van der Waals surface area contributed by atoms with Crippen LogP contribution in [0, 0.1) is 17.5 Å². The molecule has 1 aliphatic rings. The zero-order valence-corrected chi connectivity index (χ0v) is 13.9. The molecule has 0 aliphatic heterocycles. The molecule has 1 aliphatic carbocycles. The Morgan fingerprint density at radius 3 is 2.62 bits per heavy atom. The minimum Gasteiger partial charge on any atom is -0.506 e. The van der Waals surface area contributed by atoms with Gasteiger partial charge in [-0.15, -0.1) is 0 Å². The average Bonchev–Trinajstić information content (AvgIpc) is 3.24. The number of halogens is 5. The molecule has 0 heterocycles. The van der Waals surface area contributed by atoms with Gasteiger partial charge < -0.3 is 9.84 Å². The minimum atomic E-state index is -1.48. The first kappa shape index (κ1) is 18.4. The highest BCUT2D eigenvalue weighted by Gasteiger charge is 2.37. The van der Waals surface area contributed by atoms with E-state index in [-0.39, 0.29) is 13.0 Å². The van der Waals surface area contributed by atoms with Crippen LogP contribution in [0.2, 0.25) is 0 Å². The van der Waals surface area contributed by atoms with Crippen molar-refractivity contribution in [1.82, 2.24) is 0 Å². The van der Waals surface area contributed by atoms with Crippen molar-refractivity contribution in [3.8, 4) is 0 Å². The molecule has 0 radical (unpaired) electrons. The van der Waals surface area contributed by atoms with Gasteiger partial charge >= 0.3 is 5.97 Å². The summed E-state index contributed by atoms with van der Waals surface area (Å²) >= 11 is 2.52. The van der Waals surface area contributed by atoms with Gasteiger partial charge in [0.15, 0.2) is 17.5 Å². The maximum Gasteiger partial charge on any atom is 0.343 e. The summed E-state index contributed by atoms with van der Waals surface area (Å²) in [6.45, 7) is 1.44. The topological polar surface area (TPSA) is 58.9 Å². The van der Waals surface area contributed by atoms with Gasteiger partial charge in [0.1, 0.15) is 17.5 Å². The lowest BCUT2D eigenvalue weighted by molar-refractivity contribution is -0.137. The Balaban J connectivity index is 2.52. The van der Waals surface area contributed by atoms with Crippen molar-refractivity contribution in [1.29, 1.82) is 0 Å². The predicted molar refractivity (Wildman–Crippen MR) is 82.0 cm³/mol. The molecule has 1 N–H and O–H groups in total. The van der Waals surface area contributed by atoms with Gasteiger partial charge in [-0.25, -0.2) is 22.4 Å². The van der Waals surface area contributed by atoms with Crippen LogP contribution in [0.4, 0.5) is 17.6 Å². The van der Waals surface area contributed by atoms with Crippen molar-refractivity contribution in [3.05, 3.63) is 39.1 Å². The van der Waals surface area contributed by atoms with Crippen molar-refractivity contribution in [2.75, 3.05) is 6.61 Å². The quantitative estimate of drug-likeness (QED) is 0.153. The fourth-order valence-electron chi connectivity index (χ4n) is 1.79. The third-order valence-corrected chi connectivity index (χ3v) is 3.88. The molecule has 0 saturated heterocycles. The second-order valence-corrected chi connectivity index (χ2v) is 5.72. The maximum absolute atomic E-state index is 14.1. The Kier molecular flexibility index (Phi) is 5.63. The fraction of sp³-hybridized carbons (Fsp3) is 0.333. The van der Waals surface area contributed by atoms with Crippen LogP contribution in [0.5, 0.6) is 0 Å². The van der Waals surface area contributed by atoms with E-state index < -0.39 is 57.0 Å². The fourth-order valence-corrected chi connectivity index (χ4v) is 2.19. The second kappa shape index (κ2) is 7.33. The first-order chi connectivity index (χ1) is 11.3. The normalized spacial score (nSPS) is 20.9. The SMILES string of the molecule is CCOC(=O)C(C=N[C@@H]1C[C@H]1F)=C(O)c1cc(F)c(F)c(Br)c1F. The number of aliphatic imine (C=N–C) groups is 1. The molecule has 9 heteroatoms. The van der Waals surface area contributed by atoms with Crippen LogP contribution in [-0.4, -0.2) is 36.1 Å². The first-order valence-corrected chi connectivity index (χ1v) is 7.68. The number of ether oxygens (including phenoxy) is 1. The highest BCUT2D eigenvalue weighted by atomic mass is 79.9. The third kappa shape index (κ3) is 3.77. The smallest absolute Gasteiger partial charge is 0.343 e. The zero-order valence-electron chi connectivity index (χ0n) is 12.3. The Hall–Kier alpha value is -1.90. The van der Waals surface area contributed by atoms with Gasteiger partial charge in [0.05, 0.1) is 22.7 Å². The number of alkyl halides is 1. The molecular formula is C15H12BrF4NO3. The molecule has 2 rings (SSSR count). The molecule has 4 nitrogen and oxygen atoms in total. The van der Waals surface area contributed by atoms with E-state index >= 15 is 0 Å². The number of hydrogen-bond donors (Lipinski definition) is 1. The molecule has 1 aromatic rings. The number of carbonyl (C=O) groups is 1. The number of esters is 1. The van der Waals surface area contributed by atoms with E-state index in [2.05, 4.69) is 20.9 Å². The van der Waals surface area contributed by atoms with Crippen LogP contribution in [0.3, 0.4) is 0 Å². The summed E-state index contributed by atoms with van der Waals surface area (Å²) in [7, 11) is 0. The molecule has 0 spiro atoms. The zero-order chi connectivity index (χ0) is 18.0. The van der Waals surface area contributed by atoms with E-state index in [4.69, 9.17) is 4.74 Å². The van der Waals surface area contributed by atoms with Crippen molar-refractivity contribution in [2.45, 2.75) is 25.6 Å². The molecule has 2 atom stereocenters. The molecule has 0 unspecified atom stereocenters. The Morgan fingerprint density at radius 1 is 1.46 bits per heavy atom. The minimum absolute atomic E-state index is 0.0530. The van der Waals surface area contributed by atoms with Crippen molar-refractivity contribution in [3.63, 3.8) is 0 Å². The van der Waals surface area contributed by atoms with Crippen LogP contribution >= 0.6 is 15.9 Å². The first-order valence-electron chi connectivity index (χ1n) is 6.88. The van der Waals surface area contributed by atoms with Crippen LogP contribution in [-0.2, 0) is 9.53 Å². The second-order valence-electron chi connectivity index (χ2n) is 4.93. The van der Waals surface area contributed by atoms with Crippen molar-refractivity contribution < 1.29 is 32.2 Å². The lowest BCUT2D eigenvalue weighted by Crippen LogP contribution is -2.12. The number of nitrogens with zero attached hydrogens (tertiary/aromatic N) is 1. The van der Waals surface area contributed by atoms with Crippen LogP contribution in [0.15, 0.2) is 21.1 Å². The molecule has 24 heavy (non-hydrogen) atoms. The highest BCUT2D eigenvalue weighted by Crippen LogP contribution is 2.31. The number of rotatable bonds is 5. The van der Waals surface area contributed by atoms with Crippen LogP contribution < -0.4 is 0 Å². The van der Waals surface area contributed by atoms with E-state index in [1.165, 1.54) is 6.92 Å². The molecule has 1 fully saturated rings. The van der Waals surface area contributed by atoms with Gasteiger partial charge in [-0.2, -0.15) is 0 Å². The number of aliphatic hydroxyl groups excluding tert-OH is 1. The van der Waals surface area contributed by atoms with E-state index in [1.807, 2.05) is 0 Å². The molecule has 0 aromatic heterocycles. The summed E-state index contributed by atoms with van der Waals surface area (Å²) in [4.78, 5) is 15.6. The lowest BCUT2D eigenvalue weighted by atomic mass is 10.1. The van der Waals surface area contributed by atoms with Crippen LogP contribution in [0.1, 0.15) is 18.9 Å².